The van der Waals surface area contributed by atoms with Crippen LogP contribution in [0.3, 0.4) is 0 Å². The number of aromatic carboxylic acids is 1. The Kier molecular flexibility index (Phi) is 4.25. The maximum Gasteiger partial charge on any atom is 0.348 e. The summed E-state index contributed by atoms with van der Waals surface area (Å²) in [5.74, 6) is -1.05. The number of fused-ring (bicyclic) bond motifs is 1. The Balaban J connectivity index is 1.63. The smallest absolute Gasteiger partial charge is 0.348 e. The van der Waals surface area contributed by atoms with Gasteiger partial charge in [-0.05, 0) is 33.8 Å². The van der Waals surface area contributed by atoms with E-state index >= 15 is 0 Å². The third-order valence-corrected chi connectivity index (χ3v) is 4.28. The van der Waals surface area contributed by atoms with E-state index in [1.165, 1.54) is 0 Å². The lowest BCUT2D eigenvalue weighted by atomic mass is 10.1. The number of hydrogen-bond acceptors (Lipinski definition) is 3. The van der Waals surface area contributed by atoms with Gasteiger partial charge in [-0.2, -0.15) is 0 Å². The minimum absolute atomic E-state index is 0.117. The van der Waals surface area contributed by atoms with Crippen molar-refractivity contribution < 1.29 is 14.7 Å². The number of amides is 2. The van der Waals surface area contributed by atoms with Gasteiger partial charge in [-0.25, -0.2) is 9.59 Å². The van der Waals surface area contributed by atoms with E-state index in [0.717, 1.165) is 27.7 Å². The molecule has 0 saturated carbocycles. The van der Waals surface area contributed by atoms with E-state index in [1.807, 2.05) is 42.5 Å². The van der Waals surface area contributed by atoms with Gasteiger partial charge in [-0.15, -0.1) is 11.3 Å². The molecule has 0 spiro atoms. The number of carbonyl (C=O) groups is 2. The number of urea groups is 1. The van der Waals surface area contributed by atoms with E-state index in [0.29, 0.717) is 12.2 Å². The van der Waals surface area contributed by atoms with Crippen molar-refractivity contribution in [3.8, 4) is 0 Å². The summed E-state index contributed by atoms with van der Waals surface area (Å²) in [5.41, 5.74) is 1.28. The summed E-state index contributed by atoms with van der Waals surface area (Å²) in [6, 6.07) is 15.1. The Hall–Kier alpha value is -2.86. The number of carboxylic acid groups (broad SMARTS) is 1. The summed E-state index contributed by atoms with van der Waals surface area (Å²) in [4.78, 5) is 23.0. The summed E-state index contributed by atoms with van der Waals surface area (Å²) in [7, 11) is 0. The summed E-state index contributed by atoms with van der Waals surface area (Å²) in [6.07, 6.45) is 0. The third kappa shape index (κ3) is 3.49. The first kappa shape index (κ1) is 15.1. The van der Waals surface area contributed by atoms with Crippen molar-refractivity contribution in [1.29, 1.82) is 0 Å². The van der Waals surface area contributed by atoms with Gasteiger partial charge < -0.3 is 15.7 Å². The third-order valence-electron chi connectivity index (χ3n) is 3.37. The normalized spacial score (nSPS) is 10.4. The van der Waals surface area contributed by atoms with E-state index in [-0.39, 0.29) is 4.88 Å². The van der Waals surface area contributed by atoms with Crippen LogP contribution in [0.1, 0.15) is 15.2 Å². The molecule has 0 saturated heterocycles. The van der Waals surface area contributed by atoms with Crippen molar-refractivity contribution in [2.45, 2.75) is 6.54 Å². The molecule has 0 fully saturated rings. The van der Waals surface area contributed by atoms with Crippen molar-refractivity contribution in [2.75, 3.05) is 5.32 Å². The van der Waals surface area contributed by atoms with Gasteiger partial charge in [0.1, 0.15) is 4.88 Å². The Bertz CT molecular complexity index is 873. The van der Waals surface area contributed by atoms with Gasteiger partial charge in [0.25, 0.3) is 0 Å². The number of anilines is 1. The monoisotopic (exact) mass is 326 g/mol. The van der Waals surface area contributed by atoms with E-state index in [2.05, 4.69) is 10.6 Å². The Morgan fingerprint density at radius 1 is 1.04 bits per heavy atom. The first-order valence-corrected chi connectivity index (χ1v) is 7.85. The molecule has 2 aromatic carbocycles. The average molecular weight is 326 g/mol. The summed E-state index contributed by atoms with van der Waals surface area (Å²) in [5, 5.41) is 18.2. The molecule has 116 valence electrons. The van der Waals surface area contributed by atoms with Crippen molar-refractivity contribution in [2.24, 2.45) is 0 Å². The van der Waals surface area contributed by atoms with Gasteiger partial charge in [-0.3, -0.25) is 0 Å². The molecular formula is C17H14N2O3S. The first-order chi connectivity index (χ1) is 11.1. The Labute approximate surface area is 136 Å². The molecule has 2 amide bonds. The summed E-state index contributed by atoms with van der Waals surface area (Å²) in [6.45, 7) is 0.364. The standard InChI is InChI=1S/C17H14N2O3S/c20-16(21)15-14(7-8-23-15)19-17(22)18-10-11-5-6-12-3-1-2-4-13(12)9-11/h1-9H,10H2,(H,20,21)(H2,18,19,22). The number of hydrogen-bond donors (Lipinski definition) is 3. The van der Waals surface area contributed by atoms with Gasteiger partial charge >= 0.3 is 12.0 Å². The zero-order valence-electron chi connectivity index (χ0n) is 12.1. The molecule has 1 aromatic heterocycles. The summed E-state index contributed by atoms with van der Waals surface area (Å²) >= 11 is 1.07. The van der Waals surface area contributed by atoms with Gasteiger partial charge in [0, 0.05) is 6.54 Å². The van der Waals surface area contributed by atoms with Crippen molar-refractivity contribution >= 4 is 39.8 Å². The summed E-state index contributed by atoms with van der Waals surface area (Å²) < 4.78 is 0. The van der Waals surface area contributed by atoms with Crippen LogP contribution >= 0.6 is 11.3 Å². The predicted molar refractivity (Wildman–Crippen MR) is 91.1 cm³/mol. The van der Waals surface area contributed by atoms with Crippen molar-refractivity contribution in [3.05, 3.63) is 64.4 Å². The van der Waals surface area contributed by atoms with Crippen LogP contribution < -0.4 is 10.6 Å². The Morgan fingerprint density at radius 3 is 2.61 bits per heavy atom. The molecule has 1 heterocycles. The van der Waals surface area contributed by atoms with Crippen LogP contribution in [0, 0.1) is 0 Å². The molecule has 6 heteroatoms. The van der Waals surface area contributed by atoms with Crippen LogP contribution in [0.25, 0.3) is 10.8 Å². The highest BCUT2D eigenvalue weighted by Crippen LogP contribution is 2.22. The van der Waals surface area contributed by atoms with Crippen LogP contribution in [-0.4, -0.2) is 17.1 Å². The predicted octanol–water partition coefficient (Wildman–Crippen LogP) is 3.92. The van der Waals surface area contributed by atoms with Crippen LogP contribution in [0.15, 0.2) is 53.9 Å². The molecule has 0 aliphatic heterocycles. The first-order valence-electron chi connectivity index (χ1n) is 6.97. The lowest BCUT2D eigenvalue weighted by molar-refractivity contribution is 0.0703. The van der Waals surface area contributed by atoms with Crippen LogP contribution in [0.4, 0.5) is 10.5 Å². The molecule has 0 aliphatic rings. The highest BCUT2D eigenvalue weighted by Gasteiger charge is 2.13. The molecule has 0 radical (unpaired) electrons. The molecule has 5 nitrogen and oxygen atoms in total. The number of nitrogens with one attached hydrogen (secondary N) is 2. The molecule has 23 heavy (non-hydrogen) atoms. The molecule has 0 unspecified atom stereocenters. The topological polar surface area (TPSA) is 78.4 Å². The fourth-order valence-corrected chi connectivity index (χ4v) is 2.96. The second-order valence-electron chi connectivity index (χ2n) is 4.96. The van der Waals surface area contributed by atoms with Crippen LogP contribution in [-0.2, 0) is 6.54 Å². The number of benzene rings is 2. The largest absolute Gasteiger partial charge is 0.477 e. The maximum atomic E-state index is 11.9. The number of rotatable bonds is 4. The average Bonchev–Trinajstić information content (AvgIpc) is 3.01. The SMILES string of the molecule is O=C(NCc1ccc2ccccc2c1)Nc1ccsc1C(=O)O. The van der Waals surface area contributed by atoms with Gasteiger partial charge in [0.2, 0.25) is 0 Å². The minimum atomic E-state index is -1.05. The molecule has 3 rings (SSSR count). The Morgan fingerprint density at radius 2 is 1.83 bits per heavy atom. The minimum Gasteiger partial charge on any atom is -0.477 e. The van der Waals surface area contributed by atoms with Crippen LogP contribution in [0.5, 0.6) is 0 Å². The van der Waals surface area contributed by atoms with Gasteiger partial charge in [-0.1, -0.05) is 36.4 Å². The second kappa shape index (κ2) is 6.50. The molecule has 0 atom stereocenters. The molecule has 3 N–H and O–H groups in total. The highest BCUT2D eigenvalue weighted by atomic mass is 32.1. The van der Waals surface area contributed by atoms with Crippen LogP contribution in [0.2, 0.25) is 0 Å². The highest BCUT2D eigenvalue weighted by molar-refractivity contribution is 7.12. The van der Waals surface area contributed by atoms with Crippen molar-refractivity contribution in [1.82, 2.24) is 5.32 Å². The quantitative estimate of drug-likeness (QED) is 0.680. The molecule has 3 aromatic rings. The maximum absolute atomic E-state index is 11.9. The number of carboxylic acids is 1. The number of carbonyl (C=O) groups excluding carboxylic acids is 1. The van der Waals surface area contributed by atoms with E-state index in [9.17, 15) is 9.59 Å². The molecule has 0 aliphatic carbocycles. The second-order valence-corrected chi connectivity index (χ2v) is 5.87. The fourth-order valence-electron chi connectivity index (χ4n) is 2.27. The van der Waals surface area contributed by atoms with Gasteiger partial charge in [0.15, 0.2) is 0 Å². The molecule has 0 bridgehead atoms. The molecular weight excluding hydrogens is 312 g/mol. The lowest BCUT2D eigenvalue weighted by Crippen LogP contribution is -2.28. The van der Waals surface area contributed by atoms with Crippen molar-refractivity contribution in [3.63, 3.8) is 0 Å². The van der Waals surface area contributed by atoms with E-state index in [4.69, 9.17) is 5.11 Å². The zero-order valence-corrected chi connectivity index (χ0v) is 12.9. The zero-order chi connectivity index (χ0) is 16.2. The lowest BCUT2D eigenvalue weighted by Gasteiger charge is -2.08. The van der Waals surface area contributed by atoms with E-state index in [1.54, 1.807) is 11.4 Å². The fraction of sp³-hybridized carbons (Fsp3) is 0.0588. The number of thiophene rings is 1. The van der Waals surface area contributed by atoms with E-state index < -0.39 is 12.0 Å². The van der Waals surface area contributed by atoms with Gasteiger partial charge in [0.05, 0.1) is 5.69 Å².